The van der Waals surface area contributed by atoms with E-state index >= 15 is 0 Å². The van der Waals surface area contributed by atoms with E-state index in [9.17, 15) is 4.79 Å². The molecule has 0 aromatic heterocycles. The molecule has 0 saturated carbocycles. The molecule has 4 saturated heterocycles. The van der Waals surface area contributed by atoms with Gasteiger partial charge in [0.2, 0.25) is 6.17 Å². The van der Waals surface area contributed by atoms with Gasteiger partial charge in [-0.25, -0.2) is 0 Å². The van der Waals surface area contributed by atoms with Crippen LogP contribution in [-0.4, -0.2) is 39.1 Å². The molecular weight excluding hydrogens is 380 g/mol. The van der Waals surface area contributed by atoms with Crippen LogP contribution in [0, 0.1) is 10.8 Å². The van der Waals surface area contributed by atoms with Crippen molar-refractivity contribution in [2.75, 3.05) is 33.3 Å². The summed E-state index contributed by atoms with van der Waals surface area (Å²) in [6, 6.07) is 6.32. The lowest BCUT2D eigenvalue weighted by Gasteiger charge is -2.60. The number of rotatable bonds is 5. The lowest BCUT2D eigenvalue weighted by molar-refractivity contribution is -1.18. The van der Waals surface area contributed by atoms with Crippen LogP contribution in [-0.2, 0) is 4.79 Å². The zero-order valence-electron chi connectivity index (χ0n) is 15.5. The average Bonchev–Trinajstić information content (AvgIpc) is 2.57. The molecule has 5 rings (SSSR count). The molecule has 2 atom stereocenters. The number of hydrogen-bond donors (Lipinski definition) is 2. The lowest BCUT2D eigenvalue weighted by atomic mass is 9.59. The number of methoxy groups -OCH3 is 1. The first kappa shape index (κ1) is 17.5. The number of unbranched alkanes of at least 4 members (excludes halogenated alkanes) is 1. The number of benzene rings is 1. The van der Waals surface area contributed by atoms with E-state index in [4.69, 9.17) is 4.74 Å². The summed E-state index contributed by atoms with van der Waals surface area (Å²) < 4.78 is 6.78. The number of ketones is 1. The first-order valence-electron chi connectivity index (χ1n) is 9.50. The van der Waals surface area contributed by atoms with Gasteiger partial charge in [0.05, 0.1) is 7.11 Å². The highest BCUT2D eigenvalue weighted by Gasteiger charge is 2.69. The van der Waals surface area contributed by atoms with E-state index in [2.05, 4.69) is 41.9 Å². The second kappa shape index (κ2) is 6.07. The maximum absolute atomic E-state index is 13.3. The summed E-state index contributed by atoms with van der Waals surface area (Å²) in [4.78, 5) is 16.4. The Morgan fingerprint density at radius 3 is 2.52 bits per heavy atom. The van der Waals surface area contributed by atoms with Crippen molar-refractivity contribution in [2.24, 2.45) is 10.8 Å². The number of carbonyl (C=O) groups excluding carboxylic acids is 1. The smallest absolute Gasteiger partial charge is 0.244 e. The van der Waals surface area contributed by atoms with Gasteiger partial charge in [0, 0.05) is 4.47 Å². The standard InChI is InChI=1S/C20H27BrN2O2/c1-4-5-8-20-12-22-10-19(2,18(20)24)11-23(13-20)17(22)15-9-14(21)6-7-16(15)25-3/h6-7,9,17H,4-5,8,10-13H2,1-3H3/p+2. The minimum Gasteiger partial charge on any atom is -0.496 e. The fraction of sp³-hybridized carbons (Fsp3) is 0.650. The number of Topliss-reactive ketones (excluding diaryl/α,β-unsaturated/α-hetero) is 1. The molecule has 4 nitrogen and oxygen atoms in total. The molecule has 136 valence electrons. The number of quaternary nitrogens is 2. The van der Waals surface area contributed by atoms with Gasteiger partial charge in [0.1, 0.15) is 48.3 Å². The highest BCUT2D eigenvalue weighted by Crippen LogP contribution is 2.40. The number of ether oxygens (including phenoxy) is 1. The summed E-state index contributed by atoms with van der Waals surface area (Å²) in [6.45, 7) is 8.34. The van der Waals surface area contributed by atoms with Crippen molar-refractivity contribution in [3.05, 3.63) is 28.2 Å². The van der Waals surface area contributed by atoms with E-state index in [-0.39, 0.29) is 10.8 Å². The van der Waals surface area contributed by atoms with Crippen LogP contribution in [0.3, 0.4) is 0 Å². The molecule has 25 heavy (non-hydrogen) atoms. The predicted molar refractivity (Wildman–Crippen MR) is 99.9 cm³/mol. The molecule has 1 aromatic rings. The maximum Gasteiger partial charge on any atom is 0.244 e. The molecule has 4 aliphatic rings. The van der Waals surface area contributed by atoms with Gasteiger partial charge in [-0.15, -0.1) is 0 Å². The van der Waals surface area contributed by atoms with E-state index in [1.54, 1.807) is 16.9 Å². The van der Waals surface area contributed by atoms with Crippen LogP contribution in [0.2, 0.25) is 0 Å². The number of hydrogen-bond acceptors (Lipinski definition) is 2. The number of halogens is 1. The van der Waals surface area contributed by atoms with E-state index < -0.39 is 0 Å². The van der Waals surface area contributed by atoms with Crippen molar-refractivity contribution < 1.29 is 19.3 Å². The lowest BCUT2D eigenvalue weighted by Crippen LogP contribution is -3.41. The van der Waals surface area contributed by atoms with Crippen LogP contribution < -0.4 is 14.5 Å². The molecule has 0 spiro atoms. The number of piperidine rings is 2. The van der Waals surface area contributed by atoms with Gasteiger partial charge in [0.15, 0.2) is 5.78 Å². The molecule has 2 N–H and O–H groups in total. The second-order valence-corrected chi connectivity index (χ2v) is 9.53. The summed E-state index contributed by atoms with van der Waals surface area (Å²) in [7, 11) is 1.76. The Bertz CT molecular complexity index is 689. The molecule has 4 fully saturated rings. The first-order valence-corrected chi connectivity index (χ1v) is 10.3. The van der Waals surface area contributed by atoms with Crippen LogP contribution in [0.1, 0.15) is 44.8 Å². The third-order valence-electron chi connectivity index (χ3n) is 6.72. The number of nitrogens with one attached hydrogen (secondary N) is 2. The SMILES string of the molecule is CCCCC12C[NH+]3CC(C)(C[NH+](C1)C3c1cc(Br)ccc1OC)C2=O. The fourth-order valence-corrected chi connectivity index (χ4v) is 6.33. The normalized spacial score (nSPS) is 39.0. The van der Waals surface area contributed by atoms with Crippen molar-refractivity contribution in [2.45, 2.75) is 39.3 Å². The summed E-state index contributed by atoms with van der Waals surface area (Å²) in [6.07, 6.45) is 3.77. The van der Waals surface area contributed by atoms with Gasteiger partial charge in [-0.1, -0.05) is 35.7 Å². The zero-order chi connectivity index (χ0) is 17.8. The Balaban J connectivity index is 1.73. The van der Waals surface area contributed by atoms with Gasteiger partial charge in [0.25, 0.3) is 0 Å². The third kappa shape index (κ3) is 2.58. The molecule has 4 aliphatic heterocycles. The van der Waals surface area contributed by atoms with Gasteiger partial charge < -0.3 is 4.74 Å². The Morgan fingerprint density at radius 2 is 1.92 bits per heavy atom. The molecule has 0 aliphatic carbocycles. The first-order chi connectivity index (χ1) is 11.9. The predicted octanol–water partition coefficient (Wildman–Crippen LogP) is 1.02. The van der Waals surface area contributed by atoms with Crippen molar-refractivity contribution in [1.82, 2.24) is 0 Å². The maximum atomic E-state index is 13.3. The van der Waals surface area contributed by atoms with Crippen molar-refractivity contribution in [3.63, 3.8) is 0 Å². The largest absolute Gasteiger partial charge is 0.496 e. The van der Waals surface area contributed by atoms with Crippen LogP contribution in [0.25, 0.3) is 0 Å². The van der Waals surface area contributed by atoms with E-state index in [0.29, 0.717) is 11.9 Å². The monoisotopic (exact) mass is 408 g/mol. The fourth-order valence-electron chi connectivity index (χ4n) is 5.96. The molecule has 0 amide bonds. The summed E-state index contributed by atoms with van der Waals surface area (Å²) in [5, 5.41) is 0. The zero-order valence-corrected chi connectivity index (χ0v) is 17.0. The topological polar surface area (TPSA) is 35.2 Å². The van der Waals surface area contributed by atoms with Gasteiger partial charge >= 0.3 is 0 Å². The Labute approximate surface area is 158 Å². The van der Waals surface area contributed by atoms with Crippen molar-refractivity contribution in [3.8, 4) is 5.75 Å². The van der Waals surface area contributed by atoms with Gasteiger partial charge in [-0.05, 0) is 31.5 Å². The van der Waals surface area contributed by atoms with Crippen LogP contribution >= 0.6 is 15.9 Å². The summed E-state index contributed by atoms with van der Waals surface area (Å²) in [5.41, 5.74) is 1.04. The van der Waals surface area contributed by atoms with E-state index in [1.165, 1.54) is 12.0 Å². The second-order valence-electron chi connectivity index (χ2n) is 8.62. The Morgan fingerprint density at radius 1 is 1.24 bits per heavy atom. The highest BCUT2D eigenvalue weighted by molar-refractivity contribution is 9.10. The molecular formula is C20H29BrN2O2+2. The van der Waals surface area contributed by atoms with E-state index in [1.807, 2.05) is 6.07 Å². The molecule has 5 heteroatoms. The molecule has 2 unspecified atom stereocenters. The Kier molecular flexibility index (Phi) is 4.25. The molecule has 0 radical (unpaired) electrons. The third-order valence-corrected chi connectivity index (χ3v) is 7.22. The van der Waals surface area contributed by atoms with E-state index in [0.717, 1.165) is 49.2 Å². The minimum atomic E-state index is -0.148. The Hall–Kier alpha value is -0.910. The molecule has 4 heterocycles. The van der Waals surface area contributed by atoms with Crippen LogP contribution in [0.5, 0.6) is 5.75 Å². The van der Waals surface area contributed by atoms with Gasteiger partial charge in [-0.2, -0.15) is 0 Å². The quantitative estimate of drug-likeness (QED) is 0.762. The number of carbonyl (C=O) groups is 1. The summed E-state index contributed by atoms with van der Waals surface area (Å²) in [5.74, 6) is 1.53. The highest BCUT2D eigenvalue weighted by atomic mass is 79.9. The van der Waals surface area contributed by atoms with Crippen LogP contribution in [0.4, 0.5) is 0 Å². The average molecular weight is 409 g/mol. The van der Waals surface area contributed by atoms with Crippen LogP contribution in [0.15, 0.2) is 22.7 Å². The minimum absolute atomic E-state index is 0.0956. The van der Waals surface area contributed by atoms with Crippen molar-refractivity contribution in [1.29, 1.82) is 0 Å². The molecule has 1 aromatic carbocycles. The van der Waals surface area contributed by atoms with Gasteiger partial charge in [-0.3, -0.25) is 14.6 Å². The summed E-state index contributed by atoms with van der Waals surface area (Å²) >= 11 is 3.63. The van der Waals surface area contributed by atoms with Crippen molar-refractivity contribution >= 4 is 21.7 Å². The molecule has 4 bridgehead atoms.